The van der Waals surface area contributed by atoms with Gasteiger partial charge in [-0.05, 0) is 36.6 Å². The van der Waals surface area contributed by atoms with Gasteiger partial charge in [-0.15, -0.1) is 5.10 Å². The highest BCUT2D eigenvalue weighted by Crippen LogP contribution is 2.22. The summed E-state index contributed by atoms with van der Waals surface area (Å²) in [5, 5.41) is 13.8. The van der Waals surface area contributed by atoms with E-state index in [1.165, 1.54) is 5.56 Å². The molecule has 2 heterocycles. The Balaban J connectivity index is 1.59. The summed E-state index contributed by atoms with van der Waals surface area (Å²) in [6, 6.07) is 5.83. The third kappa shape index (κ3) is 2.79. The minimum absolute atomic E-state index is 0.0431. The van der Waals surface area contributed by atoms with Crippen molar-refractivity contribution in [2.75, 3.05) is 18.4 Å². The Kier molecular flexibility index (Phi) is 3.62. The first kappa shape index (κ1) is 12.7. The van der Waals surface area contributed by atoms with E-state index < -0.39 is 0 Å². The summed E-state index contributed by atoms with van der Waals surface area (Å²) < 4.78 is 1.69. The maximum Gasteiger partial charge on any atom is 0.251 e. The lowest BCUT2D eigenvalue weighted by atomic mass is 10.0. The Bertz CT molecular complexity index is 594. The molecule has 0 radical (unpaired) electrons. The highest BCUT2D eigenvalue weighted by atomic mass is 16.1. The Morgan fingerprint density at radius 2 is 2.40 bits per heavy atom. The van der Waals surface area contributed by atoms with Crippen molar-refractivity contribution in [2.45, 2.75) is 19.4 Å². The molecule has 0 unspecified atom stereocenters. The maximum atomic E-state index is 12.1. The number of nitrogens with zero attached hydrogens (tertiary/aromatic N) is 3. The summed E-state index contributed by atoms with van der Waals surface area (Å²) in [6.45, 7) is 2.17. The molecule has 0 aliphatic carbocycles. The van der Waals surface area contributed by atoms with Gasteiger partial charge in [-0.1, -0.05) is 5.21 Å². The number of benzene rings is 1. The van der Waals surface area contributed by atoms with Gasteiger partial charge in [-0.2, -0.15) is 0 Å². The van der Waals surface area contributed by atoms with Gasteiger partial charge in [0.05, 0.1) is 12.7 Å². The normalized spacial score (nSPS) is 13.4. The van der Waals surface area contributed by atoms with E-state index in [-0.39, 0.29) is 5.91 Å². The van der Waals surface area contributed by atoms with Crippen LogP contribution in [0.3, 0.4) is 0 Å². The van der Waals surface area contributed by atoms with E-state index in [0.717, 1.165) is 25.1 Å². The van der Waals surface area contributed by atoms with Gasteiger partial charge >= 0.3 is 0 Å². The Morgan fingerprint density at radius 1 is 1.45 bits per heavy atom. The molecular formula is C14H17N5O. The first-order chi connectivity index (χ1) is 9.83. The standard InChI is InChI=1S/C14H17N5O/c20-14(16-6-8-19-9-7-17-18-19)12-3-4-13-11(10-12)2-1-5-15-13/h3-4,7,9-10,15H,1-2,5-6,8H2,(H,16,20). The van der Waals surface area contributed by atoms with E-state index in [1.807, 2.05) is 18.2 Å². The fourth-order valence-electron chi connectivity index (χ4n) is 2.35. The van der Waals surface area contributed by atoms with Crippen molar-refractivity contribution >= 4 is 11.6 Å². The topological polar surface area (TPSA) is 71.8 Å². The van der Waals surface area contributed by atoms with Crippen LogP contribution in [0.15, 0.2) is 30.6 Å². The van der Waals surface area contributed by atoms with E-state index in [1.54, 1.807) is 17.1 Å². The summed E-state index contributed by atoms with van der Waals surface area (Å²) in [6.07, 6.45) is 5.54. The van der Waals surface area contributed by atoms with Crippen LogP contribution in [0, 0.1) is 0 Å². The molecule has 2 N–H and O–H groups in total. The molecule has 104 valence electrons. The molecular weight excluding hydrogens is 254 g/mol. The van der Waals surface area contributed by atoms with E-state index in [9.17, 15) is 4.79 Å². The van der Waals surface area contributed by atoms with Crippen LogP contribution >= 0.6 is 0 Å². The van der Waals surface area contributed by atoms with Crippen molar-refractivity contribution in [3.05, 3.63) is 41.7 Å². The lowest BCUT2D eigenvalue weighted by Gasteiger charge is -2.18. The van der Waals surface area contributed by atoms with Gasteiger partial charge in [0, 0.05) is 30.5 Å². The first-order valence-electron chi connectivity index (χ1n) is 6.82. The van der Waals surface area contributed by atoms with Crippen molar-refractivity contribution in [3.8, 4) is 0 Å². The molecule has 0 bridgehead atoms. The molecule has 20 heavy (non-hydrogen) atoms. The van der Waals surface area contributed by atoms with Gasteiger partial charge in [-0.25, -0.2) is 0 Å². The summed E-state index contributed by atoms with van der Waals surface area (Å²) in [5.41, 5.74) is 3.08. The van der Waals surface area contributed by atoms with Crippen LogP contribution in [-0.2, 0) is 13.0 Å². The van der Waals surface area contributed by atoms with Crippen LogP contribution in [0.4, 0.5) is 5.69 Å². The van der Waals surface area contributed by atoms with E-state index in [0.29, 0.717) is 18.7 Å². The highest BCUT2D eigenvalue weighted by Gasteiger charge is 2.12. The number of aryl methyl sites for hydroxylation is 1. The molecule has 1 aromatic carbocycles. The Labute approximate surface area is 117 Å². The van der Waals surface area contributed by atoms with Crippen LogP contribution in [-0.4, -0.2) is 34.0 Å². The molecule has 0 fully saturated rings. The highest BCUT2D eigenvalue weighted by molar-refractivity contribution is 5.94. The van der Waals surface area contributed by atoms with E-state index in [2.05, 4.69) is 20.9 Å². The summed E-state index contributed by atoms with van der Waals surface area (Å²) in [4.78, 5) is 12.1. The molecule has 0 saturated carbocycles. The number of anilines is 1. The molecule has 1 aliphatic heterocycles. The largest absolute Gasteiger partial charge is 0.385 e. The maximum absolute atomic E-state index is 12.1. The SMILES string of the molecule is O=C(NCCn1ccnn1)c1ccc2c(c1)CCCN2. The van der Waals surface area contributed by atoms with E-state index in [4.69, 9.17) is 0 Å². The average molecular weight is 271 g/mol. The fraction of sp³-hybridized carbons (Fsp3) is 0.357. The molecule has 1 amide bonds. The number of aromatic nitrogens is 3. The predicted molar refractivity (Wildman–Crippen MR) is 75.6 cm³/mol. The smallest absolute Gasteiger partial charge is 0.251 e. The molecule has 6 heteroatoms. The second-order valence-electron chi connectivity index (χ2n) is 4.82. The van der Waals surface area contributed by atoms with Gasteiger partial charge in [0.15, 0.2) is 0 Å². The number of carbonyl (C=O) groups excluding carboxylic acids is 1. The van der Waals surface area contributed by atoms with Gasteiger partial charge in [0.2, 0.25) is 0 Å². The van der Waals surface area contributed by atoms with Crippen LogP contribution in [0.2, 0.25) is 0 Å². The van der Waals surface area contributed by atoms with Crippen LogP contribution in [0.1, 0.15) is 22.3 Å². The second-order valence-corrected chi connectivity index (χ2v) is 4.82. The minimum atomic E-state index is -0.0431. The number of rotatable bonds is 4. The number of amides is 1. The molecule has 2 aromatic rings. The molecule has 6 nitrogen and oxygen atoms in total. The summed E-state index contributed by atoms with van der Waals surface area (Å²) in [7, 11) is 0. The molecule has 1 aromatic heterocycles. The van der Waals surface area contributed by atoms with Crippen molar-refractivity contribution in [2.24, 2.45) is 0 Å². The van der Waals surface area contributed by atoms with Crippen LogP contribution < -0.4 is 10.6 Å². The van der Waals surface area contributed by atoms with Gasteiger partial charge in [0.1, 0.15) is 0 Å². The molecule has 0 spiro atoms. The van der Waals surface area contributed by atoms with Gasteiger partial charge < -0.3 is 10.6 Å². The number of hydrogen-bond acceptors (Lipinski definition) is 4. The molecule has 3 rings (SSSR count). The number of nitrogens with one attached hydrogen (secondary N) is 2. The van der Waals surface area contributed by atoms with Crippen molar-refractivity contribution in [3.63, 3.8) is 0 Å². The number of carbonyl (C=O) groups is 1. The minimum Gasteiger partial charge on any atom is -0.385 e. The third-order valence-electron chi connectivity index (χ3n) is 3.40. The predicted octanol–water partition coefficient (Wildman–Crippen LogP) is 1.07. The monoisotopic (exact) mass is 271 g/mol. The lowest BCUT2D eigenvalue weighted by Crippen LogP contribution is -2.27. The van der Waals surface area contributed by atoms with Crippen molar-refractivity contribution in [1.29, 1.82) is 0 Å². The van der Waals surface area contributed by atoms with E-state index >= 15 is 0 Å². The Hall–Kier alpha value is -2.37. The zero-order valence-corrected chi connectivity index (χ0v) is 11.2. The molecule has 0 saturated heterocycles. The summed E-state index contributed by atoms with van der Waals surface area (Å²) in [5.74, 6) is -0.0431. The van der Waals surface area contributed by atoms with Crippen LogP contribution in [0.25, 0.3) is 0 Å². The second kappa shape index (κ2) is 5.73. The average Bonchev–Trinajstić information content (AvgIpc) is 3.00. The summed E-state index contributed by atoms with van der Waals surface area (Å²) >= 11 is 0. The number of fused-ring (bicyclic) bond motifs is 1. The van der Waals surface area contributed by atoms with Gasteiger partial charge in [-0.3, -0.25) is 9.48 Å². The zero-order valence-electron chi connectivity index (χ0n) is 11.2. The zero-order chi connectivity index (χ0) is 13.8. The van der Waals surface area contributed by atoms with Crippen molar-refractivity contribution in [1.82, 2.24) is 20.3 Å². The van der Waals surface area contributed by atoms with Crippen molar-refractivity contribution < 1.29 is 4.79 Å². The third-order valence-corrected chi connectivity index (χ3v) is 3.40. The fourth-order valence-corrected chi connectivity index (χ4v) is 2.35. The quantitative estimate of drug-likeness (QED) is 0.872. The number of hydrogen-bond donors (Lipinski definition) is 2. The first-order valence-corrected chi connectivity index (χ1v) is 6.82. The molecule has 0 atom stereocenters. The van der Waals surface area contributed by atoms with Crippen LogP contribution in [0.5, 0.6) is 0 Å². The molecule has 1 aliphatic rings. The Morgan fingerprint density at radius 3 is 3.25 bits per heavy atom. The van der Waals surface area contributed by atoms with Gasteiger partial charge in [0.25, 0.3) is 5.91 Å². The lowest BCUT2D eigenvalue weighted by molar-refractivity contribution is 0.0952.